The summed E-state index contributed by atoms with van der Waals surface area (Å²) in [4.78, 5) is 21.6. The molecule has 3 N–H and O–H groups in total. The molecule has 0 rings (SSSR count). The minimum atomic E-state index is -4.64. The van der Waals surface area contributed by atoms with Gasteiger partial charge in [0.1, 0.15) is 0 Å². The van der Waals surface area contributed by atoms with E-state index in [2.05, 4.69) is 0 Å². The van der Waals surface area contributed by atoms with Gasteiger partial charge in [0.15, 0.2) is 0 Å². The molecule has 0 unspecified atom stereocenters. The number of hydrogen-bond acceptors (Lipinski definition) is 1. The summed E-state index contributed by atoms with van der Waals surface area (Å²) in [6.07, 6.45) is 0. The van der Waals surface area contributed by atoms with Crippen molar-refractivity contribution >= 4 is 7.82 Å². The van der Waals surface area contributed by atoms with Crippen LogP contribution < -0.4 is 29.6 Å². The average Bonchev–Trinajstić information content (AvgIpc) is 0.722. The fourth-order valence-electron chi connectivity index (χ4n) is 0. The van der Waals surface area contributed by atoms with Crippen LogP contribution in [0.5, 0.6) is 0 Å². The second-order valence-corrected chi connectivity index (χ2v) is 1.54. The van der Waals surface area contributed by atoms with E-state index < -0.39 is 7.82 Å². The van der Waals surface area contributed by atoms with Crippen LogP contribution >= 0.6 is 7.82 Å². The van der Waals surface area contributed by atoms with Gasteiger partial charge >= 0.3 is 37.4 Å². The molecule has 0 radical (unpaired) electrons. The molecule has 8 heavy (non-hydrogen) atoms. The molecule has 0 aromatic carbocycles. The quantitative estimate of drug-likeness (QED) is 0.297. The molecule has 8 heteroatoms. The first-order valence-electron chi connectivity index (χ1n) is 0.783. The molecule has 0 aromatic rings. The van der Waals surface area contributed by atoms with Crippen LogP contribution in [0, 0.1) is 0 Å². The molecule has 0 aromatic heterocycles. The second-order valence-electron chi connectivity index (χ2n) is 0.513. The molecule has 4 nitrogen and oxygen atoms in total. The van der Waals surface area contributed by atoms with E-state index in [1.54, 1.807) is 0 Å². The van der Waals surface area contributed by atoms with E-state index in [0.717, 1.165) is 0 Å². The second kappa shape index (κ2) is 9.45. The Labute approximate surface area is 98.1 Å². The standard InChI is InChI=1S/Na.H3O4P.Ti.Zn.H/c;1-5(2,3)4;;;/h;(H3,1,2,3,4);;;/q+1;;;;-1. The fraction of sp³-hybridized carbons (Fsp3) is 0. The molecule has 0 atom stereocenters. The fourth-order valence-corrected chi connectivity index (χ4v) is 0. The summed E-state index contributed by atoms with van der Waals surface area (Å²) in [5.74, 6) is 0. The van der Waals surface area contributed by atoms with E-state index in [0.29, 0.717) is 0 Å². The van der Waals surface area contributed by atoms with Crippen molar-refractivity contribution in [2.24, 2.45) is 0 Å². The summed E-state index contributed by atoms with van der Waals surface area (Å²) in [5, 5.41) is 0. The van der Waals surface area contributed by atoms with Gasteiger partial charge in [-0.25, -0.2) is 4.57 Å². The number of rotatable bonds is 0. The normalized spacial score (nSPS) is 7.38. The smallest absolute Gasteiger partial charge is 1.00 e. The Bertz CT molecular complexity index is 66.7. The SMILES string of the molecule is O=P(O)(O)O.[H-].[Na+].[Ti].[Zn]. The van der Waals surface area contributed by atoms with Crippen molar-refractivity contribution in [3.63, 3.8) is 0 Å². The Balaban J connectivity index is -0.0000000133. The van der Waals surface area contributed by atoms with Crippen LogP contribution in [0.1, 0.15) is 1.43 Å². The molecule has 0 aliphatic rings. The van der Waals surface area contributed by atoms with Gasteiger partial charge in [-0.05, 0) is 0 Å². The maximum Gasteiger partial charge on any atom is 1.00 e. The van der Waals surface area contributed by atoms with Crippen LogP contribution in [-0.4, -0.2) is 14.7 Å². The topological polar surface area (TPSA) is 77.8 Å². The van der Waals surface area contributed by atoms with E-state index in [1.165, 1.54) is 0 Å². The molecular weight excluding hydrogens is 231 g/mol. The zero-order valence-electron chi connectivity index (χ0n) is 5.40. The van der Waals surface area contributed by atoms with Crippen LogP contribution in [0.4, 0.5) is 0 Å². The number of hydrogen-bond donors (Lipinski definition) is 3. The van der Waals surface area contributed by atoms with Crippen LogP contribution in [-0.2, 0) is 45.8 Å². The monoisotopic (exact) mass is 234 g/mol. The van der Waals surface area contributed by atoms with Gasteiger partial charge in [-0.3, -0.25) is 0 Å². The first kappa shape index (κ1) is 22.4. The Morgan fingerprint density at radius 2 is 1.25 bits per heavy atom. The molecule has 40 valence electrons. The summed E-state index contributed by atoms with van der Waals surface area (Å²) >= 11 is 0. The van der Waals surface area contributed by atoms with Crippen molar-refractivity contribution in [1.82, 2.24) is 0 Å². The molecule has 0 aliphatic carbocycles. The van der Waals surface area contributed by atoms with E-state index >= 15 is 0 Å². The van der Waals surface area contributed by atoms with Gasteiger partial charge in [-0.2, -0.15) is 0 Å². The average molecular weight is 235 g/mol. The largest absolute Gasteiger partial charge is 1.00 e. The van der Waals surface area contributed by atoms with Crippen molar-refractivity contribution in [3.05, 3.63) is 0 Å². The van der Waals surface area contributed by atoms with Gasteiger partial charge in [-0.15, -0.1) is 0 Å². The first-order chi connectivity index (χ1) is 2.00. The zero-order chi connectivity index (χ0) is 4.50. The van der Waals surface area contributed by atoms with Crippen LogP contribution in [0.25, 0.3) is 0 Å². The third kappa shape index (κ3) is 78.2. The van der Waals surface area contributed by atoms with Gasteiger partial charge in [0.2, 0.25) is 0 Å². The predicted octanol–water partition coefficient (Wildman–Crippen LogP) is -3.82. The van der Waals surface area contributed by atoms with E-state index in [9.17, 15) is 0 Å². The molecule has 0 bridgehead atoms. The van der Waals surface area contributed by atoms with E-state index in [1.807, 2.05) is 0 Å². The van der Waals surface area contributed by atoms with Crippen LogP contribution in [0.15, 0.2) is 0 Å². The molecule has 0 saturated carbocycles. The molecule has 0 saturated heterocycles. The van der Waals surface area contributed by atoms with Crippen molar-refractivity contribution in [2.75, 3.05) is 0 Å². The predicted molar refractivity (Wildman–Crippen MR) is 15.4 cm³/mol. The summed E-state index contributed by atoms with van der Waals surface area (Å²) in [5.41, 5.74) is 0. The molecule has 0 fully saturated rings. The molecule has 0 amide bonds. The van der Waals surface area contributed by atoms with E-state index in [4.69, 9.17) is 19.2 Å². The Kier molecular flexibility index (Phi) is 26.5. The van der Waals surface area contributed by atoms with Crippen molar-refractivity contribution in [1.29, 1.82) is 0 Å². The maximum atomic E-state index is 8.88. The van der Waals surface area contributed by atoms with Crippen LogP contribution in [0.3, 0.4) is 0 Å². The van der Waals surface area contributed by atoms with E-state index in [-0.39, 0.29) is 72.2 Å². The minimum absolute atomic E-state index is 0. The molecule has 0 spiro atoms. The molecule has 0 aliphatic heterocycles. The third-order valence-corrected chi connectivity index (χ3v) is 0. The van der Waals surface area contributed by atoms with Gasteiger partial charge in [0.05, 0.1) is 0 Å². The summed E-state index contributed by atoms with van der Waals surface area (Å²) in [6, 6.07) is 0. The molecule has 0 heterocycles. The van der Waals surface area contributed by atoms with Crippen molar-refractivity contribution in [3.8, 4) is 0 Å². The first-order valence-corrected chi connectivity index (χ1v) is 2.35. The van der Waals surface area contributed by atoms with Crippen molar-refractivity contribution in [2.45, 2.75) is 0 Å². The summed E-state index contributed by atoms with van der Waals surface area (Å²) in [6.45, 7) is 0. The summed E-state index contributed by atoms with van der Waals surface area (Å²) < 4.78 is 8.88. The van der Waals surface area contributed by atoms with Gasteiger partial charge in [-0.1, -0.05) is 0 Å². The maximum absolute atomic E-state index is 8.88. The van der Waals surface area contributed by atoms with Gasteiger partial charge in [0, 0.05) is 41.2 Å². The third-order valence-electron chi connectivity index (χ3n) is 0. The molecular formula is H4NaO4PTiZn. The Hall–Kier alpha value is 2.45. The van der Waals surface area contributed by atoms with Gasteiger partial charge < -0.3 is 16.1 Å². The summed E-state index contributed by atoms with van der Waals surface area (Å²) in [7, 11) is -4.64. The van der Waals surface area contributed by atoms with Crippen LogP contribution in [0.2, 0.25) is 0 Å². The Morgan fingerprint density at radius 3 is 1.25 bits per heavy atom. The minimum Gasteiger partial charge on any atom is -1.00 e. The van der Waals surface area contributed by atoms with Gasteiger partial charge in [0.25, 0.3) is 0 Å². The number of phosphoric acid groups is 1. The zero-order valence-corrected chi connectivity index (χ0v) is 11.8. The van der Waals surface area contributed by atoms with Crippen molar-refractivity contribution < 1.29 is 91.4 Å². The Morgan fingerprint density at radius 1 is 1.25 bits per heavy atom.